The number of carbonyl (C=O) groups excluding carboxylic acids is 2. The standard InChI is InChI=1S/C27H24N2O4/c1-32-22-15-14-19(17-23(22)33-2)24-25(28-16-8-10-18-9-6-7-13-21(18)28)27(31)29(26(24)30)20-11-4-3-5-12-20/h3-7,9,11-15,17H,8,10,16H2,1-2H3. The van der Waals surface area contributed by atoms with Gasteiger partial charge in [0.1, 0.15) is 5.70 Å². The van der Waals surface area contributed by atoms with Crippen molar-refractivity contribution in [1.29, 1.82) is 0 Å². The summed E-state index contributed by atoms with van der Waals surface area (Å²) in [4.78, 5) is 30.9. The van der Waals surface area contributed by atoms with Crippen LogP contribution in [0.1, 0.15) is 17.5 Å². The first-order chi connectivity index (χ1) is 16.1. The number of aryl methyl sites for hydroxylation is 1. The fraction of sp³-hybridized carbons (Fsp3) is 0.185. The average Bonchev–Trinajstić information content (AvgIpc) is 3.13. The van der Waals surface area contributed by atoms with E-state index in [1.54, 1.807) is 44.6 Å². The van der Waals surface area contributed by atoms with Gasteiger partial charge in [-0.25, -0.2) is 4.90 Å². The number of methoxy groups -OCH3 is 2. The minimum Gasteiger partial charge on any atom is -0.493 e. The lowest BCUT2D eigenvalue weighted by Gasteiger charge is -2.32. The van der Waals surface area contributed by atoms with Crippen molar-refractivity contribution in [3.05, 3.63) is 89.6 Å². The van der Waals surface area contributed by atoms with Gasteiger partial charge in [0.2, 0.25) is 0 Å². The van der Waals surface area contributed by atoms with E-state index in [-0.39, 0.29) is 11.8 Å². The van der Waals surface area contributed by atoms with Crippen LogP contribution in [-0.4, -0.2) is 32.6 Å². The van der Waals surface area contributed by atoms with Crippen LogP contribution in [0.25, 0.3) is 5.57 Å². The zero-order chi connectivity index (χ0) is 22.9. The molecule has 0 spiro atoms. The Morgan fingerprint density at radius 3 is 2.27 bits per heavy atom. The molecule has 0 atom stereocenters. The van der Waals surface area contributed by atoms with E-state index in [0.717, 1.165) is 18.5 Å². The first-order valence-electron chi connectivity index (χ1n) is 10.9. The van der Waals surface area contributed by atoms with Crippen molar-refractivity contribution in [3.63, 3.8) is 0 Å². The number of rotatable bonds is 5. The van der Waals surface area contributed by atoms with Gasteiger partial charge in [0, 0.05) is 12.2 Å². The van der Waals surface area contributed by atoms with E-state index < -0.39 is 0 Å². The number of carbonyl (C=O) groups is 2. The number of hydrogen-bond acceptors (Lipinski definition) is 5. The van der Waals surface area contributed by atoms with Crippen LogP contribution in [0.2, 0.25) is 0 Å². The molecule has 0 saturated heterocycles. The molecule has 0 aliphatic carbocycles. The summed E-state index contributed by atoms with van der Waals surface area (Å²) in [6.45, 7) is 0.658. The summed E-state index contributed by atoms with van der Waals surface area (Å²) >= 11 is 0. The van der Waals surface area contributed by atoms with Crippen molar-refractivity contribution in [1.82, 2.24) is 0 Å². The number of amides is 2. The molecular formula is C27H24N2O4. The lowest BCUT2D eigenvalue weighted by Crippen LogP contribution is -2.37. The maximum atomic E-state index is 13.8. The normalized spacial score (nSPS) is 15.7. The van der Waals surface area contributed by atoms with E-state index in [9.17, 15) is 9.59 Å². The SMILES string of the molecule is COc1ccc(C2=C(N3CCCc4ccccc43)C(=O)N(c3ccccc3)C2=O)cc1OC. The smallest absolute Gasteiger partial charge is 0.282 e. The van der Waals surface area contributed by atoms with Gasteiger partial charge < -0.3 is 14.4 Å². The Bertz CT molecular complexity index is 1270. The highest BCUT2D eigenvalue weighted by Crippen LogP contribution is 2.41. The average molecular weight is 440 g/mol. The molecule has 3 aromatic rings. The Labute approximate surface area is 192 Å². The predicted molar refractivity (Wildman–Crippen MR) is 128 cm³/mol. The summed E-state index contributed by atoms with van der Waals surface area (Å²) in [5.74, 6) is 0.381. The van der Waals surface area contributed by atoms with Crippen LogP contribution < -0.4 is 19.3 Å². The second-order valence-corrected chi connectivity index (χ2v) is 7.96. The van der Waals surface area contributed by atoms with Gasteiger partial charge in [0.05, 0.1) is 25.5 Å². The first-order valence-corrected chi connectivity index (χ1v) is 10.9. The van der Waals surface area contributed by atoms with E-state index in [2.05, 4.69) is 6.07 Å². The van der Waals surface area contributed by atoms with E-state index in [0.29, 0.717) is 40.6 Å². The Balaban J connectivity index is 1.72. The molecule has 0 fully saturated rings. The quantitative estimate of drug-likeness (QED) is 0.549. The van der Waals surface area contributed by atoms with Crippen LogP contribution in [0.4, 0.5) is 11.4 Å². The highest BCUT2D eigenvalue weighted by atomic mass is 16.5. The molecule has 33 heavy (non-hydrogen) atoms. The Morgan fingerprint density at radius 2 is 1.52 bits per heavy atom. The van der Waals surface area contributed by atoms with Gasteiger partial charge in [-0.15, -0.1) is 0 Å². The Morgan fingerprint density at radius 1 is 0.788 bits per heavy atom. The molecule has 3 aromatic carbocycles. The van der Waals surface area contributed by atoms with Crippen molar-refractivity contribution >= 4 is 28.8 Å². The van der Waals surface area contributed by atoms with Crippen molar-refractivity contribution in [3.8, 4) is 11.5 Å². The van der Waals surface area contributed by atoms with Crippen LogP contribution in [0, 0.1) is 0 Å². The van der Waals surface area contributed by atoms with Crippen LogP contribution >= 0.6 is 0 Å². The minimum atomic E-state index is -0.350. The van der Waals surface area contributed by atoms with E-state index in [1.165, 1.54) is 10.5 Å². The molecule has 0 N–H and O–H groups in total. The third-order valence-electron chi connectivity index (χ3n) is 6.13. The lowest BCUT2D eigenvalue weighted by atomic mass is 9.98. The molecule has 166 valence electrons. The van der Waals surface area contributed by atoms with E-state index >= 15 is 0 Å². The zero-order valence-electron chi connectivity index (χ0n) is 18.6. The number of ether oxygens (including phenoxy) is 2. The van der Waals surface area contributed by atoms with Gasteiger partial charge in [-0.05, 0) is 54.3 Å². The fourth-order valence-corrected chi connectivity index (χ4v) is 4.60. The fourth-order valence-electron chi connectivity index (χ4n) is 4.60. The minimum absolute atomic E-state index is 0.326. The molecule has 2 amide bonds. The molecule has 6 nitrogen and oxygen atoms in total. The summed E-state index contributed by atoms with van der Waals surface area (Å²) in [7, 11) is 3.12. The second kappa shape index (κ2) is 8.47. The third-order valence-corrected chi connectivity index (χ3v) is 6.13. The molecule has 0 unspecified atom stereocenters. The number of anilines is 2. The molecule has 5 rings (SSSR count). The number of imide groups is 1. The summed E-state index contributed by atoms with van der Waals surface area (Å²) < 4.78 is 10.8. The summed E-state index contributed by atoms with van der Waals surface area (Å²) in [5.41, 5.74) is 4.05. The number of fused-ring (bicyclic) bond motifs is 1. The van der Waals surface area contributed by atoms with Crippen LogP contribution in [-0.2, 0) is 16.0 Å². The molecule has 0 aromatic heterocycles. The summed E-state index contributed by atoms with van der Waals surface area (Å²) in [5, 5.41) is 0. The highest BCUT2D eigenvalue weighted by molar-refractivity contribution is 6.46. The maximum Gasteiger partial charge on any atom is 0.282 e. The third kappa shape index (κ3) is 3.44. The van der Waals surface area contributed by atoms with Crippen LogP contribution in [0.15, 0.2) is 78.5 Å². The first kappa shape index (κ1) is 20.8. The van der Waals surface area contributed by atoms with Crippen molar-refractivity contribution < 1.29 is 19.1 Å². The molecule has 2 aliphatic rings. The summed E-state index contributed by atoms with van der Waals surface area (Å²) in [6, 6.07) is 22.4. The number of para-hydroxylation sites is 2. The molecule has 0 radical (unpaired) electrons. The predicted octanol–water partition coefficient (Wildman–Crippen LogP) is 4.44. The van der Waals surface area contributed by atoms with Gasteiger partial charge >= 0.3 is 0 Å². The number of benzene rings is 3. The monoisotopic (exact) mass is 440 g/mol. The van der Waals surface area contributed by atoms with E-state index in [4.69, 9.17) is 9.47 Å². The van der Waals surface area contributed by atoms with Gasteiger partial charge in [0.15, 0.2) is 11.5 Å². The number of nitrogens with zero attached hydrogens (tertiary/aromatic N) is 2. The molecule has 6 heteroatoms. The Kier molecular flexibility index (Phi) is 5.34. The van der Waals surface area contributed by atoms with Gasteiger partial charge in [-0.3, -0.25) is 9.59 Å². The molecule has 2 aliphatic heterocycles. The molecular weight excluding hydrogens is 416 g/mol. The van der Waals surface area contributed by atoms with Crippen LogP contribution in [0.5, 0.6) is 11.5 Å². The maximum absolute atomic E-state index is 13.8. The molecule has 0 bridgehead atoms. The van der Waals surface area contributed by atoms with Crippen molar-refractivity contribution in [2.45, 2.75) is 12.8 Å². The second-order valence-electron chi connectivity index (χ2n) is 7.96. The lowest BCUT2D eigenvalue weighted by molar-refractivity contribution is -0.120. The van der Waals surface area contributed by atoms with E-state index in [1.807, 2.05) is 41.3 Å². The Hall–Kier alpha value is -4.06. The summed E-state index contributed by atoms with van der Waals surface area (Å²) in [6.07, 6.45) is 1.84. The number of hydrogen-bond donors (Lipinski definition) is 0. The molecule has 2 heterocycles. The largest absolute Gasteiger partial charge is 0.493 e. The van der Waals surface area contributed by atoms with Crippen LogP contribution in [0.3, 0.4) is 0 Å². The highest BCUT2D eigenvalue weighted by Gasteiger charge is 2.43. The van der Waals surface area contributed by atoms with Gasteiger partial charge in [-0.2, -0.15) is 0 Å². The zero-order valence-corrected chi connectivity index (χ0v) is 18.6. The van der Waals surface area contributed by atoms with Crippen molar-refractivity contribution in [2.24, 2.45) is 0 Å². The van der Waals surface area contributed by atoms with Gasteiger partial charge in [-0.1, -0.05) is 42.5 Å². The van der Waals surface area contributed by atoms with Gasteiger partial charge in [0.25, 0.3) is 11.8 Å². The van der Waals surface area contributed by atoms with Crippen molar-refractivity contribution in [2.75, 3.05) is 30.6 Å². The topological polar surface area (TPSA) is 59.1 Å². The molecule has 0 saturated carbocycles.